The van der Waals surface area contributed by atoms with Crippen LogP contribution < -0.4 is 0 Å². The highest BCUT2D eigenvalue weighted by Crippen LogP contribution is 2.20. The van der Waals surface area contributed by atoms with Gasteiger partial charge in [0, 0.05) is 11.0 Å². The minimum Gasteiger partial charge on any atom is -0.460 e. The summed E-state index contributed by atoms with van der Waals surface area (Å²) in [7, 11) is 0. The van der Waals surface area contributed by atoms with Crippen molar-refractivity contribution in [3.63, 3.8) is 0 Å². The number of ether oxygens (including phenoxy) is 1. The minimum atomic E-state index is -0.356. The SMILES string of the molecule is CC(C)C(C)SCCC(=O)OC(C)(C)C. The second-order valence-corrected chi connectivity index (χ2v) is 6.64. The van der Waals surface area contributed by atoms with Crippen LogP contribution in [0.3, 0.4) is 0 Å². The van der Waals surface area contributed by atoms with Crippen molar-refractivity contribution in [2.45, 2.75) is 58.8 Å². The Balaban J connectivity index is 3.65. The Morgan fingerprint density at radius 1 is 1.27 bits per heavy atom. The number of carbonyl (C=O) groups is 1. The summed E-state index contributed by atoms with van der Waals surface area (Å²) in [6, 6.07) is 0. The number of esters is 1. The molecule has 90 valence electrons. The van der Waals surface area contributed by atoms with Gasteiger partial charge in [-0.1, -0.05) is 20.8 Å². The molecule has 0 aliphatic heterocycles. The smallest absolute Gasteiger partial charge is 0.307 e. The largest absolute Gasteiger partial charge is 0.460 e. The van der Waals surface area contributed by atoms with Gasteiger partial charge in [-0.2, -0.15) is 11.8 Å². The Labute approximate surface area is 98.2 Å². The van der Waals surface area contributed by atoms with Gasteiger partial charge in [0.2, 0.25) is 0 Å². The lowest BCUT2D eigenvalue weighted by Gasteiger charge is -2.20. The zero-order valence-corrected chi connectivity index (χ0v) is 11.6. The fraction of sp³-hybridized carbons (Fsp3) is 0.917. The van der Waals surface area contributed by atoms with Crippen molar-refractivity contribution in [3.8, 4) is 0 Å². The average molecular weight is 232 g/mol. The molecule has 0 spiro atoms. The maximum Gasteiger partial charge on any atom is 0.307 e. The number of hydrogen-bond acceptors (Lipinski definition) is 3. The van der Waals surface area contributed by atoms with E-state index in [1.165, 1.54) is 0 Å². The first-order chi connectivity index (χ1) is 6.72. The van der Waals surface area contributed by atoms with Crippen molar-refractivity contribution in [3.05, 3.63) is 0 Å². The predicted molar refractivity (Wildman–Crippen MR) is 67.2 cm³/mol. The van der Waals surface area contributed by atoms with E-state index < -0.39 is 0 Å². The first kappa shape index (κ1) is 14.8. The first-order valence-corrected chi connectivity index (χ1v) is 6.60. The van der Waals surface area contributed by atoms with Gasteiger partial charge in [-0.15, -0.1) is 0 Å². The fourth-order valence-electron chi connectivity index (χ4n) is 0.913. The van der Waals surface area contributed by atoms with E-state index in [-0.39, 0.29) is 11.6 Å². The molecule has 15 heavy (non-hydrogen) atoms. The van der Waals surface area contributed by atoms with Crippen LogP contribution in [0.1, 0.15) is 48.0 Å². The van der Waals surface area contributed by atoms with Crippen molar-refractivity contribution in [1.82, 2.24) is 0 Å². The fourth-order valence-corrected chi connectivity index (χ4v) is 1.95. The molecule has 1 unspecified atom stereocenters. The van der Waals surface area contributed by atoms with E-state index in [1.54, 1.807) is 0 Å². The Morgan fingerprint density at radius 3 is 2.20 bits per heavy atom. The molecule has 0 bridgehead atoms. The molecule has 0 heterocycles. The lowest BCUT2D eigenvalue weighted by atomic mass is 10.2. The molecule has 1 atom stereocenters. The van der Waals surface area contributed by atoms with Gasteiger partial charge < -0.3 is 4.74 Å². The van der Waals surface area contributed by atoms with Gasteiger partial charge in [0.05, 0.1) is 6.42 Å². The van der Waals surface area contributed by atoms with E-state index in [0.29, 0.717) is 17.6 Å². The van der Waals surface area contributed by atoms with Gasteiger partial charge in [-0.3, -0.25) is 4.79 Å². The molecular formula is C12H24O2S. The van der Waals surface area contributed by atoms with Crippen LogP contribution >= 0.6 is 11.8 Å². The van der Waals surface area contributed by atoms with E-state index in [9.17, 15) is 4.79 Å². The summed E-state index contributed by atoms with van der Waals surface area (Å²) in [5, 5.41) is 0.604. The molecule has 0 fully saturated rings. The average Bonchev–Trinajstić information content (AvgIpc) is 2.00. The second-order valence-electron chi connectivity index (χ2n) is 5.16. The minimum absolute atomic E-state index is 0.0917. The monoisotopic (exact) mass is 232 g/mol. The summed E-state index contributed by atoms with van der Waals surface area (Å²) in [5.41, 5.74) is -0.356. The van der Waals surface area contributed by atoms with Crippen LogP contribution in [0.25, 0.3) is 0 Å². The summed E-state index contributed by atoms with van der Waals surface area (Å²) in [6.45, 7) is 12.3. The molecule has 0 saturated carbocycles. The van der Waals surface area contributed by atoms with E-state index in [0.717, 1.165) is 5.75 Å². The summed E-state index contributed by atoms with van der Waals surface area (Å²) in [6.07, 6.45) is 0.513. The zero-order chi connectivity index (χ0) is 12.1. The van der Waals surface area contributed by atoms with E-state index in [4.69, 9.17) is 4.74 Å². The Kier molecular flexibility index (Phi) is 6.34. The number of hydrogen-bond donors (Lipinski definition) is 0. The molecule has 0 aromatic heterocycles. The van der Waals surface area contributed by atoms with Crippen LogP contribution in [-0.4, -0.2) is 22.6 Å². The molecule has 0 aromatic carbocycles. The van der Waals surface area contributed by atoms with Crippen molar-refractivity contribution in [2.24, 2.45) is 5.92 Å². The summed E-state index contributed by atoms with van der Waals surface area (Å²) < 4.78 is 5.23. The second kappa shape index (κ2) is 6.41. The third kappa shape index (κ3) is 8.79. The van der Waals surface area contributed by atoms with Crippen LogP contribution in [0.5, 0.6) is 0 Å². The predicted octanol–water partition coefficient (Wildman–Crippen LogP) is 3.50. The molecule has 2 nitrogen and oxygen atoms in total. The van der Waals surface area contributed by atoms with Crippen LogP contribution in [0, 0.1) is 5.92 Å². The summed E-state index contributed by atoms with van der Waals surface area (Å²) >= 11 is 1.84. The Morgan fingerprint density at radius 2 is 1.80 bits per heavy atom. The molecule has 0 rings (SSSR count). The molecule has 0 saturated heterocycles. The van der Waals surface area contributed by atoms with Gasteiger partial charge in [-0.25, -0.2) is 0 Å². The standard InChI is InChI=1S/C12H24O2S/c1-9(2)10(3)15-8-7-11(13)14-12(4,5)6/h9-10H,7-8H2,1-6H3. The van der Waals surface area contributed by atoms with Gasteiger partial charge in [-0.05, 0) is 26.7 Å². The third-order valence-corrected chi connectivity index (χ3v) is 3.56. The highest BCUT2D eigenvalue weighted by atomic mass is 32.2. The summed E-state index contributed by atoms with van der Waals surface area (Å²) in [5.74, 6) is 1.42. The van der Waals surface area contributed by atoms with Gasteiger partial charge in [0.15, 0.2) is 0 Å². The van der Waals surface area contributed by atoms with E-state index >= 15 is 0 Å². The zero-order valence-electron chi connectivity index (χ0n) is 10.8. The van der Waals surface area contributed by atoms with Crippen LogP contribution in [0.4, 0.5) is 0 Å². The van der Waals surface area contributed by atoms with Gasteiger partial charge in [0.25, 0.3) is 0 Å². The van der Waals surface area contributed by atoms with Crippen molar-refractivity contribution >= 4 is 17.7 Å². The molecular weight excluding hydrogens is 208 g/mol. The molecule has 3 heteroatoms. The number of rotatable bonds is 5. The highest BCUT2D eigenvalue weighted by molar-refractivity contribution is 7.99. The number of carbonyl (C=O) groups excluding carboxylic acids is 1. The first-order valence-electron chi connectivity index (χ1n) is 5.56. The highest BCUT2D eigenvalue weighted by Gasteiger charge is 2.16. The van der Waals surface area contributed by atoms with Gasteiger partial charge >= 0.3 is 5.97 Å². The quantitative estimate of drug-likeness (QED) is 0.679. The molecule has 0 amide bonds. The van der Waals surface area contributed by atoms with E-state index in [2.05, 4.69) is 20.8 Å². The van der Waals surface area contributed by atoms with Crippen LogP contribution in [0.15, 0.2) is 0 Å². The summed E-state index contributed by atoms with van der Waals surface area (Å²) in [4.78, 5) is 11.4. The van der Waals surface area contributed by atoms with Crippen molar-refractivity contribution < 1.29 is 9.53 Å². The maximum atomic E-state index is 11.4. The molecule has 0 aliphatic carbocycles. The lowest BCUT2D eigenvalue weighted by Crippen LogP contribution is -2.24. The normalized spacial score (nSPS) is 14.1. The molecule has 0 radical (unpaired) electrons. The topological polar surface area (TPSA) is 26.3 Å². The molecule has 0 aromatic rings. The third-order valence-electron chi connectivity index (χ3n) is 2.05. The van der Waals surface area contributed by atoms with Crippen LogP contribution in [-0.2, 0) is 9.53 Å². The van der Waals surface area contributed by atoms with E-state index in [1.807, 2.05) is 32.5 Å². The Hall–Kier alpha value is -0.180. The van der Waals surface area contributed by atoms with Crippen LogP contribution in [0.2, 0.25) is 0 Å². The van der Waals surface area contributed by atoms with Crippen molar-refractivity contribution in [2.75, 3.05) is 5.75 Å². The lowest BCUT2D eigenvalue weighted by molar-refractivity contribution is -0.154. The Bertz CT molecular complexity index is 194. The number of thioether (sulfide) groups is 1. The molecule has 0 N–H and O–H groups in total. The van der Waals surface area contributed by atoms with Gasteiger partial charge in [0.1, 0.15) is 5.60 Å². The maximum absolute atomic E-state index is 11.4. The molecule has 0 aliphatic rings. The van der Waals surface area contributed by atoms with Crippen molar-refractivity contribution in [1.29, 1.82) is 0 Å².